The van der Waals surface area contributed by atoms with E-state index in [2.05, 4.69) is 116 Å². The molecule has 10 heterocycles. The predicted octanol–water partition coefficient (Wildman–Crippen LogP) is 15.9. The van der Waals surface area contributed by atoms with E-state index in [9.17, 15) is 38.7 Å². The molecule has 6 aliphatic rings. The van der Waals surface area contributed by atoms with Crippen molar-refractivity contribution < 1.29 is 71.8 Å². The fourth-order valence-corrected chi connectivity index (χ4v) is 18.6. The highest BCUT2D eigenvalue weighted by atomic mass is 16.6. The molecule has 10 aromatic rings. The molecule has 30 nitrogen and oxygen atoms in total. The summed E-state index contributed by atoms with van der Waals surface area (Å²) in [5.74, 6) is 4.21. The number of rotatable bonds is 22. The molecule has 0 saturated carbocycles. The largest absolute Gasteiger partial charge is 0.488 e. The summed E-state index contributed by atoms with van der Waals surface area (Å²) in [6.45, 7) is 25.5. The zero-order valence-corrected chi connectivity index (χ0v) is 72.2. The van der Waals surface area contributed by atoms with Gasteiger partial charge in [-0.25, -0.2) is 39.1 Å². The number of fused-ring (bicyclic) bond motifs is 12. The lowest BCUT2D eigenvalue weighted by Gasteiger charge is -2.30. The Balaban J connectivity index is 0.000000190. The first-order chi connectivity index (χ1) is 58.6. The highest BCUT2D eigenvalue weighted by Crippen LogP contribution is 2.48. The number of likely N-dealkylation sites (tertiary alicyclic amines) is 4. The summed E-state index contributed by atoms with van der Waals surface area (Å²) >= 11 is 0. The molecule has 0 spiro atoms. The van der Waals surface area contributed by atoms with Crippen LogP contribution < -0.4 is 25.4 Å². The van der Waals surface area contributed by atoms with Gasteiger partial charge in [0.25, 0.3) is 0 Å². The van der Waals surface area contributed by atoms with Crippen molar-refractivity contribution in [2.24, 2.45) is 41.4 Å². The van der Waals surface area contributed by atoms with Gasteiger partial charge in [-0.1, -0.05) is 111 Å². The summed E-state index contributed by atoms with van der Waals surface area (Å²) in [5, 5.41) is 21.5. The Labute approximate surface area is 709 Å². The number of methoxy groups -OCH3 is 4. The molecule has 0 radical (unpaired) electrons. The van der Waals surface area contributed by atoms with Gasteiger partial charge in [0.05, 0.1) is 97.4 Å². The van der Waals surface area contributed by atoms with Gasteiger partial charge >= 0.3 is 24.4 Å². The Morgan fingerprint density at radius 2 is 0.902 bits per heavy atom. The minimum Gasteiger partial charge on any atom is -0.488 e. The molecule has 0 bridgehead atoms. The number of carboxylic acid groups (broad SMARTS) is 1. The number of nitrogens with zero attached hydrogens (tertiary/aromatic N) is 8. The second-order valence-electron chi connectivity index (χ2n) is 35.3. The van der Waals surface area contributed by atoms with Crippen LogP contribution in [0.25, 0.3) is 88.4 Å². The Kier molecular flexibility index (Phi) is 24.7. The highest BCUT2D eigenvalue weighted by molar-refractivity contribution is 6.08. The third-order valence-electron chi connectivity index (χ3n) is 25.5. The fourth-order valence-electron chi connectivity index (χ4n) is 18.6. The van der Waals surface area contributed by atoms with Crippen LogP contribution in [0.4, 0.5) is 19.2 Å². The van der Waals surface area contributed by atoms with Crippen LogP contribution in [-0.4, -0.2) is 198 Å². The van der Waals surface area contributed by atoms with Gasteiger partial charge in [-0.05, 0) is 169 Å². The summed E-state index contributed by atoms with van der Waals surface area (Å²) in [7, 11) is 5.93. The first kappa shape index (κ1) is 85.2. The smallest absolute Gasteiger partial charge is 0.410 e. The topological polar surface area (TPSA) is 368 Å². The van der Waals surface area contributed by atoms with Crippen molar-refractivity contribution in [1.82, 2.24) is 75.4 Å². The number of hydrogen-bond donors (Lipinski definition) is 8. The van der Waals surface area contributed by atoms with Gasteiger partial charge < -0.3 is 88.9 Å². The van der Waals surface area contributed by atoms with Gasteiger partial charge in [0.15, 0.2) is 0 Å². The van der Waals surface area contributed by atoms with E-state index >= 15 is 0 Å². The molecule has 4 saturated heterocycles. The van der Waals surface area contributed by atoms with E-state index in [0.717, 1.165) is 148 Å². The Bertz CT molecular complexity index is 5610. The van der Waals surface area contributed by atoms with E-state index in [0.29, 0.717) is 83.5 Å². The molecule has 646 valence electrons. The van der Waals surface area contributed by atoms with Crippen LogP contribution in [0.2, 0.25) is 0 Å². The number of alkyl carbamates (subject to hydrolysis) is 2. The SMILES string of the molecule is CC[C@@H](C)C(NC(=O)O)C(=O)N1C[C@@H](COC)C[C@H]1c1nc2c(ccc3cc4c(cc32)OCc2cc(-c3cnc([C@@H]5C[C@H](C)CN5C(=O)[C@@H](NC(=O)OC)[C@H](C)CC)[nH]3)ccc2-4)[nH]1.CC[C@@H](C)[C@H](NC(=O)OC)C(=O)N1C[C@@H](C)C[C@H]1c1ncc(-c2ccc3c(c2)COc2cc4c(ccc5[nH]c([C@@H]6C[C@H](COC)CN6C(=O)OC(C)(C)C)nc54)cc2-3)[nH]1. The van der Waals surface area contributed by atoms with E-state index in [1.165, 1.54) is 14.2 Å². The van der Waals surface area contributed by atoms with Crippen molar-refractivity contribution in [3.8, 4) is 56.3 Å². The highest BCUT2D eigenvalue weighted by Gasteiger charge is 2.46. The van der Waals surface area contributed by atoms with Gasteiger partial charge in [-0.2, -0.15) is 0 Å². The summed E-state index contributed by atoms with van der Waals surface area (Å²) in [5.41, 5.74) is 12.5. The zero-order valence-electron chi connectivity index (χ0n) is 72.2. The molecule has 4 aromatic heterocycles. The van der Waals surface area contributed by atoms with Gasteiger partial charge in [-0.3, -0.25) is 19.3 Å². The van der Waals surface area contributed by atoms with E-state index in [-0.39, 0.29) is 89.4 Å². The van der Waals surface area contributed by atoms with E-state index in [1.54, 1.807) is 24.0 Å². The van der Waals surface area contributed by atoms with Crippen LogP contribution >= 0.6 is 0 Å². The van der Waals surface area contributed by atoms with Crippen LogP contribution in [-0.2, 0) is 51.3 Å². The molecular weight excluding hydrogens is 1560 g/mol. The standard InChI is InChI=1S/C47H58N8O8.C45H55N7O7/c1-8-25(4)39(52-46(58)59)44(56)55-21-27(22-61-6)15-37(55)43-49-34-13-11-28-17-33-31-12-10-29(16-30(31)23-63-38(33)18-32(28)41(34)51-43)35-19-48-42(50-35)36-14-24(3)20-54(36)45(57)40(26(5)9-2)53-47(60)62-7;1-9-25(3)38(50-43(54)57-8)42(53)51-20-24(2)14-35(51)40-46-19-34(48-40)28-10-12-30-29(16-28)23-58-37-18-31-27(17-32(30)37)11-13-33-39(31)49-41(47-33)36-15-26(22-56-7)21-52(36)44(55)59-45(4,5)6/h10-13,16-19,24-27,36-37,39-40,52H,8-9,14-15,20-23H2,1-7H3,(H,48,50)(H,49,51)(H,53,60)(H,58,59);10-13,16-19,24-26,35-36,38H,9,14-15,20-23H2,1-8H3,(H,46,48)(H,47,49)(H,50,54)/t24-,25+,26+,27-,36-,37-,39?,40-;24-,25+,26-,35-,36-,38-/m00/s1. The number of H-pyrrole nitrogens is 4. The number of amides is 7. The summed E-state index contributed by atoms with van der Waals surface area (Å²) in [6.07, 6.45) is 5.75. The zero-order chi connectivity index (χ0) is 86.4. The number of aromatic amines is 4. The molecule has 122 heavy (non-hydrogen) atoms. The van der Waals surface area contributed by atoms with E-state index < -0.39 is 42.0 Å². The Hall–Kier alpha value is -11.8. The summed E-state index contributed by atoms with van der Waals surface area (Å²) in [4.78, 5) is 133. The number of nitrogens with one attached hydrogen (secondary N) is 7. The van der Waals surface area contributed by atoms with Crippen molar-refractivity contribution in [2.75, 3.05) is 67.8 Å². The number of carbonyl (C=O) groups excluding carboxylic acids is 6. The molecular formula is C92H113N15O15. The third-order valence-corrected chi connectivity index (χ3v) is 25.5. The number of aromatic nitrogens is 8. The third kappa shape index (κ3) is 17.2. The monoisotopic (exact) mass is 1670 g/mol. The fraction of sp³-hybridized carbons (Fsp3) is 0.489. The molecule has 4 fully saturated rings. The molecule has 1 unspecified atom stereocenters. The maximum absolute atomic E-state index is 14.1. The van der Waals surface area contributed by atoms with Crippen molar-refractivity contribution >= 4 is 85.7 Å². The van der Waals surface area contributed by atoms with Gasteiger partial charge in [0, 0.05) is 74.1 Å². The normalized spacial score (nSPS) is 21.3. The average molecular weight is 1670 g/mol. The lowest BCUT2D eigenvalue weighted by atomic mass is 9.92. The van der Waals surface area contributed by atoms with E-state index in [4.69, 9.17) is 53.1 Å². The van der Waals surface area contributed by atoms with Crippen molar-refractivity contribution in [3.63, 3.8) is 0 Å². The van der Waals surface area contributed by atoms with Crippen molar-refractivity contribution in [2.45, 2.75) is 182 Å². The second-order valence-corrected chi connectivity index (χ2v) is 35.3. The summed E-state index contributed by atoms with van der Waals surface area (Å²) in [6, 6.07) is 25.8. The molecule has 7 amide bonds. The number of carbonyl (C=O) groups is 7. The lowest BCUT2D eigenvalue weighted by molar-refractivity contribution is -0.136. The lowest BCUT2D eigenvalue weighted by Crippen LogP contribution is -2.51. The minimum absolute atomic E-state index is 0.0652. The molecule has 14 atom stereocenters. The average Bonchev–Trinajstić information content (AvgIpc) is 1.35. The Morgan fingerprint density at radius 1 is 0.500 bits per heavy atom. The number of ether oxygens (including phenoxy) is 7. The number of benzene rings is 6. The van der Waals surface area contributed by atoms with Gasteiger partial charge in [0.2, 0.25) is 17.7 Å². The number of imidazole rings is 4. The van der Waals surface area contributed by atoms with Gasteiger partial charge in [0.1, 0.15) is 71.7 Å². The minimum atomic E-state index is -1.23. The van der Waals surface area contributed by atoms with Crippen LogP contribution in [0, 0.1) is 41.4 Å². The molecule has 6 aliphatic heterocycles. The molecule has 8 N–H and O–H groups in total. The van der Waals surface area contributed by atoms with Crippen LogP contribution in [0.15, 0.2) is 97.3 Å². The van der Waals surface area contributed by atoms with Gasteiger partial charge in [-0.15, -0.1) is 0 Å². The molecule has 30 heteroatoms. The Morgan fingerprint density at radius 3 is 1.30 bits per heavy atom. The van der Waals surface area contributed by atoms with Crippen LogP contribution in [0.1, 0.15) is 180 Å². The maximum Gasteiger partial charge on any atom is 0.410 e. The first-order valence-electron chi connectivity index (χ1n) is 42.7. The molecule has 6 aromatic carbocycles. The van der Waals surface area contributed by atoms with E-state index in [1.807, 2.05) is 103 Å². The maximum atomic E-state index is 14.1. The molecule has 0 aliphatic carbocycles. The van der Waals surface area contributed by atoms with Crippen LogP contribution in [0.3, 0.4) is 0 Å². The number of hydrogen-bond acceptors (Lipinski definition) is 18. The first-order valence-corrected chi connectivity index (χ1v) is 42.7. The summed E-state index contributed by atoms with van der Waals surface area (Å²) < 4.78 is 39.3. The van der Waals surface area contributed by atoms with Crippen molar-refractivity contribution in [1.29, 1.82) is 0 Å². The van der Waals surface area contributed by atoms with Crippen molar-refractivity contribution in [3.05, 3.63) is 132 Å². The predicted molar refractivity (Wildman–Crippen MR) is 460 cm³/mol. The quantitative estimate of drug-likeness (QED) is 0.0292. The molecule has 16 rings (SSSR count). The van der Waals surface area contributed by atoms with Crippen LogP contribution in [0.5, 0.6) is 11.5 Å². The second kappa shape index (κ2) is 35.3.